The zero-order valence-electron chi connectivity index (χ0n) is 29.5. The molecule has 2 heteroatoms. The fourth-order valence-corrected chi connectivity index (χ4v) is 6.42. The van der Waals surface area contributed by atoms with Crippen LogP contribution in [-0.4, -0.2) is 63.3 Å². The van der Waals surface area contributed by atoms with Gasteiger partial charge >= 0.3 is 0 Å². The third-order valence-electron chi connectivity index (χ3n) is 9.51. The Hall–Kier alpha value is -0.0800. The molecule has 2 nitrogen and oxygen atoms in total. The molecule has 0 radical (unpaired) electrons. The highest BCUT2D eigenvalue weighted by molar-refractivity contribution is 4.52. The van der Waals surface area contributed by atoms with Crippen molar-refractivity contribution in [3.8, 4) is 0 Å². The molecule has 0 fully saturated rings. The predicted molar refractivity (Wildman–Crippen MR) is 184 cm³/mol. The van der Waals surface area contributed by atoms with Crippen LogP contribution in [0.4, 0.5) is 0 Å². The van der Waals surface area contributed by atoms with E-state index in [1.807, 2.05) is 0 Å². The highest BCUT2D eigenvalue weighted by Gasteiger charge is 2.15. The molecule has 242 valence electrons. The van der Waals surface area contributed by atoms with Gasteiger partial charge in [0.2, 0.25) is 0 Å². The standard InChI is InChI=1S/C38H82N2/c1-7-9-11-13-14-15-16-17-18-19-20-21-22-23-24-25-26-27-28-32-36-40(5,6)38-34-30-29-33-37-39(3,4)35-31-12-10-8-2/h7-38H2,1-6H3/q+2. The predicted octanol–water partition coefficient (Wildman–Crippen LogP) is 12.1. The minimum atomic E-state index is 1.23. The Bertz CT molecular complexity index is 484. The maximum absolute atomic E-state index is 2.46. The monoisotopic (exact) mass is 567 g/mol. The molecule has 0 saturated heterocycles. The maximum atomic E-state index is 2.46. The van der Waals surface area contributed by atoms with E-state index in [-0.39, 0.29) is 0 Å². The lowest BCUT2D eigenvalue weighted by Gasteiger charge is -2.31. The first kappa shape index (κ1) is 39.9. The van der Waals surface area contributed by atoms with Gasteiger partial charge in [-0.1, -0.05) is 142 Å². The molecular weight excluding hydrogens is 484 g/mol. The Morgan fingerprint density at radius 1 is 0.225 bits per heavy atom. The zero-order valence-corrected chi connectivity index (χ0v) is 29.5. The smallest absolute Gasteiger partial charge is 0.0782 e. The van der Waals surface area contributed by atoms with Crippen molar-refractivity contribution in [2.45, 2.75) is 194 Å². The fourth-order valence-electron chi connectivity index (χ4n) is 6.42. The van der Waals surface area contributed by atoms with E-state index in [9.17, 15) is 0 Å². The Balaban J connectivity index is 3.38. The summed E-state index contributed by atoms with van der Waals surface area (Å²) >= 11 is 0. The highest BCUT2D eigenvalue weighted by Crippen LogP contribution is 2.16. The maximum Gasteiger partial charge on any atom is 0.0782 e. The SMILES string of the molecule is CCCCCCCCCCCCCCCCCCCCCC[N+](C)(C)CCCCCC[N+](C)(C)CCCCCC. The molecule has 0 aromatic carbocycles. The normalized spacial score (nSPS) is 12.4. The first-order valence-corrected chi connectivity index (χ1v) is 19.0. The average molecular weight is 567 g/mol. The minimum Gasteiger partial charge on any atom is -0.328 e. The van der Waals surface area contributed by atoms with Crippen LogP contribution < -0.4 is 0 Å². The molecule has 0 aliphatic heterocycles. The number of hydrogen-bond acceptors (Lipinski definition) is 0. The van der Waals surface area contributed by atoms with Gasteiger partial charge in [0.15, 0.2) is 0 Å². The number of unbranched alkanes of at least 4 members (excludes halogenated alkanes) is 25. The second-order valence-electron chi connectivity index (χ2n) is 15.0. The lowest BCUT2D eigenvalue weighted by Crippen LogP contribution is -2.41. The van der Waals surface area contributed by atoms with E-state index in [2.05, 4.69) is 42.0 Å². The summed E-state index contributed by atoms with van der Waals surface area (Å²) in [5.74, 6) is 0. The molecule has 0 rings (SSSR count). The van der Waals surface area contributed by atoms with Gasteiger partial charge in [0.05, 0.1) is 54.4 Å². The van der Waals surface area contributed by atoms with Crippen molar-refractivity contribution >= 4 is 0 Å². The van der Waals surface area contributed by atoms with Crippen LogP contribution in [-0.2, 0) is 0 Å². The van der Waals surface area contributed by atoms with Crippen LogP contribution >= 0.6 is 0 Å². The van der Waals surface area contributed by atoms with Crippen LogP contribution in [0, 0.1) is 0 Å². The van der Waals surface area contributed by atoms with Gasteiger partial charge in [-0.2, -0.15) is 0 Å². The molecule has 0 aromatic rings. The highest BCUT2D eigenvalue weighted by atomic mass is 15.3. The van der Waals surface area contributed by atoms with Gasteiger partial charge < -0.3 is 8.97 Å². The second kappa shape index (κ2) is 29.0. The van der Waals surface area contributed by atoms with Crippen LogP contribution in [0.25, 0.3) is 0 Å². The Kier molecular flexibility index (Phi) is 29.0. The Morgan fingerprint density at radius 3 is 0.575 bits per heavy atom. The number of quaternary nitrogens is 2. The summed E-state index contributed by atoms with van der Waals surface area (Å²) in [6.45, 7) is 10.1. The number of nitrogens with zero attached hydrogens (tertiary/aromatic N) is 2. The lowest BCUT2D eigenvalue weighted by atomic mass is 10.0. The van der Waals surface area contributed by atoms with Gasteiger partial charge in [0.1, 0.15) is 0 Å². The summed E-state index contributed by atoms with van der Waals surface area (Å²) in [6, 6.07) is 0. The molecule has 0 bridgehead atoms. The zero-order chi connectivity index (χ0) is 29.6. The average Bonchev–Trinajstić information content (AvgIpc) is 2.92. The Morgan fingerprint density at radius 2 is 0.375 bits per heavy atom. The first-order valence-electron chi connectivity index (χ1n) is 19.0. The van der Waals surface area contributed by atoms with Crippen LogP contribution in [0.5, 0.6) is 0 Å². The summed E-state index contributed by atoms with van der Waals surface area (Å²) in [5, 5.41) is 0. The van der Waals surface area contributed by atoms with Crippen molar-refractivity contribution < 1.29 is 8.97 Å². The van der Waals surface area contributed by atoms with Gasteiger partial charge in [0.25, 0.3) is 0 Å². The number of hydrogen-bond donors (Lipinski definition) is 0. The van der Waals surface area contributed by atoms with Crippen molar-refractivity contribution in [1.82, 2.24) is 0 Å². The van der Waals surface area contributed by atoms with Crippen molar-refractivity contribution in [2.24, 2.45) is 0 Å². The van der Waals surface area contributed by atoms with Crippen molar-refractivity contribution in [2.75, 3.05) is 54.4 Å². The van der Waals surface area contributed by atoms with Gasteiger partial charge in [-0.15, -0.1) is 0 Å². The van der Waals surface area contributed by atoms with Crippen LogP contribution in [0.1, 0.15) is 194 Å². The molecule has 0 saturated carbocycles. The molecule has 0 aromatic heterocycles. The van der Waals surface area contributed by atoms with Gasteiger partial charge in [-0.25, -0.2) is 0 Å². The van der Waals surface area contributed by atoms with E-state index in [0.29, 0.717) is 0 Å². The Labute approximate surface area is 256 Å². The molecular formula is C38H82N2+2. The van der Waals surface area contributed by atoms with E-state index >= 15 is 0 Å². The van der Waals surface area contributed by atoms with E-state index in [1.165, 1.54) is 215 Å². The van der Waals surface area contributed by atoms with E-state index in [0.717, 1.165) is 0 Å². The summed E-state index contributed by atoms with van der Waals surface area (Å²) in [4.78, 5) is 0. The summed E-state index contributed by atoms with van der Waals surface area (Å²) in [7, 11) is 9.80. The van der Waals surface area contributed by atoms with E-state index < -0.39 is 0 Å². The molecule has 0 aliphatic rings. The van der Waals surface area contributed by atoms with Crippen molar-refractivity contribution in [3.63, 3.8) is 0 Å². The summed E-state index contributed by atoms with van der Waals surface area (Å²) < 4.78 is 2.46. The van der Waals surface area contributed by atoms with Crippen LogP contribution in [0.2, 0.25) is 0 Å². The van der Waals surface area contributed by atoms with Gasteiger partial charge in [-0.3, -0.25) is 0 Å². The topological polar surface area (TPSA) is 0 Å². The second-order valence-corrected chi connectivity index (χ2v) is 15.0. The van der Waals surface area contributed by atoms with Crippen LogP contribution in [0.3, 0.4) is 0 Å². The van der Waals surface area contributed by atoms with Crippen molar-refractivity contribution in [1.29, 1.82) is 0 Å². The van der Waals surface area contributed by atoms with Gasteiger partial charge in [0, 0.05) is 0 Å². The fraction of sp³-hybridized carbons (Fsp3) is 1.00. The molecule has 0 unspecified atom stereocenters. The lowest BCUT2D eigenvalue weighted by molar-refractivity contribution is -0.891. The third kappa shape index (κ3) is 30.9. The van der Waals surface area contributed by atoms with Crippen LogP contribution in [0.15, 0.2) is 0 Å². The van der Waals surface area contributed by atoms with E-state index in [1.54, 1.807) is 0 Å². The molecule has 0 heterocycles. The molecule has 0 spiro atoms. The number of rotatable bonds is 33. The largest absolute Gasteiger partial charge is 0.328 e. The molecule has 0 amide bonds. The minimum absolute atomic E-state index is 1.23. The van der Waals surface area contributed by atoms with Gasteiger partial charge in [-0.05, 0) is 51.4 Å². The molecule has 40 heavy (non-hydrogen) atoms. The summed E-state index contributed by atoms with van der Waals surface area (Å²) in [5.41, 5.74) is 0. The molecule has 0 N–H and O–H groups in total. The quantitative estimate of drug-likeness (QED) is 0.0547. The molecule has 0 atom stereocenters. The third-order valence-corrected chi connectivity index (χ3v) is 9.51. The first-order chi connectivity index (χ1) is 19.3. The molecule has 0 aliphatic carbocycles. The van der Waals surface area contributed by atoms with E-state index in [4.69, 9.17) is 0 Å². The summed E-state index contributed by atoms with van der Waals surface area (Å²) in [6.07, 6.45) is 40.6. The van der Waals surface area contributed by atoms with Crippen molar-refractivity contribution in [3.05, 3.63) is 0 Å².